The van der Waals surface area contributed by atoms with Crippen LogP contribution in [0, 0.1) is 0 Å². The summed E-state index contributed by atoms with van der Waals surface area (Å²) in [4.78, 5) is 21.4. The molecule has 1 aromatic heterocycles. The van der Waals surface area contributed by atoms with Gasteiger partial charge in [-0.05, 0) is 0 Å². The molecule has 0 saturated carbocycles. The van der Waals surface area contributed by atoms with E-state index < -0.39 is 0 Å². The zero-order valence-electron chi connectivity index (χ0n) is 9.73. The molecular formula is C10H16N4O2. The molecule has 0 atom stereocenters. The van der Waals surface area contributed by atoms with Crippen molar-refractivity contribution < 1.29 is 9.53 Å². The fraction of sp³-hybridized carbons (Fsp3) is 0.500. The molecule has 0 aliphatic carbocycles. The lowest BCUT2D eigenvalue weighted by Crippen LogP contribution is -2.30. The van der Waals surface area contributed by atoms with Gasteiger partial charge in [0, 0.05) is 27.7 Å². The predicted molar refractivity (Wildman–Crippen MR) is 60.4 cm³/mol. The Morgan fingerprint density at radius 3 is 2.75 bits per heavy atom. The van der Waals surface area contributed by atoms with Crippen LogP contribution >= 0.6 is 0 Å². The molecule has 0 bridgehead atoms. The molecule has 6 heteroatoms. The number of anilines is 1. The van der Waals surface area contributed by atoms with E-state index in [1.807, 2.05) is 0 Å². The van der Waals surface area contributed by atoms with Gasteiger partial charge in [-0.3, -0.25) is 4.79 Å². The van der Waals surface area contributed by atoms with Crippen LogP contribution in [0.4, 0.5) is 5.82 Å². The first-order chi connectivity index (χ1) is 7.69. The third kappa shape index (κ3) is 3.16. The average molecular weight is 224 g/mol. The van der Waals surface area contributed by atoms with Gasteiger partial charge < -0.3 is 15.0 Å². The van der Waals surface area contributed by atoms with Gasteiger partial charge in [-0.25, -0.2) is 9.97 Å². The highest BCUT2D eigenvalue weighted by Gasteiger charge is 2.12. The van der Waals surface area contributed by atoms with Crippen LogP contribution in [0.1, 0.15) is 10.5 Å². The number of nitrogens with one attached hydrogen (secondary N) is 1. The summed E-state index contributed by atoms with van der Waals surface area (Å²) in [6.07, 6.45) is 2.98. The van der Waals surface area contributed by atoms with Gasteiger partial charge >= 0.3 is 0 Å². The van der Waals surface area contributed by atoms with E-state index in [9.17, 15) is 4.79 Å². The number of carbonyl (C=O) groups excluding carboxylic acids is 1. The Morgan fingerprint density at radius 1 is 1.50 bits per heavy atom. The maximum Gasteiger partial charge on any atom is 0.273 e. The SMILES string of the molecule is CNc1cnc(C(=O)N(C)CCOC)cn1. The Balaban J connectivity index is 2.64. The highest BCUT2D eigenvalue weighted by Crippen LogP contribution is 2.02. The molecule has 0 aliphatic rings. The van der Waals surface area contributed by atoms with Gasteiger partial charge in [-0.15, -0.1) is 0 Å². The molecule has 1 aromatic rings. The fourth-order valence-corrected chi connectivity index (χ4v) is 1.09. The lowest BCUT2D eigenvalue weighted by Gasteiger charge is -2.15. The maximum absolute atomic E-state index is 11.8. The number of ether oxygens (including phenoxy) is 1. The summed E-state index contributed by atoms with van der Waals surface area (Å²) in [5, 5.41) is 2.84. The number of methoxy groups -OCH3 is 1. The van der Waals surface area contributed by atoms with E-state index >= 15 is 0 Å². The summed E-state index contributed by atoms with van der Waals surface area (Å²) in [6.45, 7) is 1.04. The lowest BCUT2D eigenvalue weighted by molar-refractivity contribution is 0.0738. The van der Waals surface area contributed by atoms with E-state index in [2.05, 4.69) is 15.3 Å². The van der Waals surface area contributed by atoms with Crippen molar-refractivity contribution in [2.24, 2.45) is 0 Å². The summed E-state index contributed by atoms with van der Waals surface area (Å²) >= 11 is 0. The summed E-state index contributed by atoms with van der Waals surface area (Å²) in [5.74, 6) is 0.475. The van der Waals surface area contributed by atoms with Gasteiger partial charge in [0.2, 0.25) is 0 Å². The Kier molecular flexibility index (Phi) is 4.65. The molecule has 6 nitrogen and oxygen atoms in total. The van der Waals surface area contributed by atoms with Crippen molar-refractivity contribution in [2.75, 3.05) is 39.7 Å². The second kappa shape index (κ2) is 6.02. The molecule has 0 unspecified atom stereocenters. The molecule has 0 saturated heterocycles. The molecule has 1 rings (SSSR count). The molecule has 88 valence electrons. The van der Waals surface area contributed by atoms with Crippen molar-refractivity contribution in [3.8, 4) is 0 Å². The molecule has 1 amide bonds. The molecule has 16 heavy (non-hydrogen) atoms. The van der Waals surface area contributed by atoms with Gasteiger partial charge in [0.25, 0.3) is 5.91 Å². The zero-order chi connectivity index (χ0) is 12.0. The highest BCUT2D eigenvalue weighted by molar-refractivity contribution is 5.91. The quantitative estimate of drug-likeness (QED) is 0.775. The molecular weight excluding hydrogens is 208 g/mol. The third-order valence-corrected chi connectivity index (χ3v) is 2.10. The van der Waals surface area contributed by atoms with Crippen molar-refractivity contribution in [2.45, 2.75) is 0 Å². The Morgan fingerprint density at radius 2 is 2.25 bits per heavy atom. The van der Waals surface area contributed by atoms with Crippen LogP contribution < -0.4 is 5.32 Å². The number of amides is 1. The van der Waals surface area contributed by atoms with Crippen molar-refractivity contribution in [3.05, 3.63) is 18.1 Å². The van der Waals surface area contributed by atoms with Gasteiger partial charge in [0.1, 0.15) is 11.5 Å². The Labute approximate surface area is 94.6 Å². The maximum atomic E-state index is 11.8. The van der Waals surface area contributed by atoms with Crippen LogP contribution in [0.2, 0.25) is 0 Å². The molecule has 0 aliphatic heterocycles. The van der Waals surface area contributed by atoms with Crippen LogP contribution in [-0.4, -0.2) is 55.1 Å². The minimum absolute atomic E-state index is 0.160. The number of hydrogen-bond acceptors (Lipinski definition) is 5. The van der Waals surface area contributed by atoms with Gasteiger partial charge in [-0.2, -0.15) is 0 Å². The third-order valence-electron chi connectivity index (χ3n) is 2.10. The molecule has 1 N–H and O–H groups in total. The second-order valence-corrected chi connectivity index (χ2v) is 3.26. The molecule has 0 aromatic carbocycles. The van der Waals surface area contributed by atoms with E-state index in [1.165, 1.54) is 12.4 Å². The number of aromatic nitrogens is 2. The fourth-order valence-electron chi connectivity index (χ4n) is 1.09. The van der Waals surface area contributed by atoms with Crippen molar-refractivity contribution in [3.63, 3.8) is 0 Å². The summed E-state index contributed by atoms with van der Waals surface area (Å²) < 4.78 is 4.90. The van der Waals surface area contributed by atoms with Crippen LogP contribution in [0.5, 0.6) is 0 Å². The van der Waals surface area contributed by atoms with Crippen LogP contribution in [0.3, 0.4) is 0 Å². The number of hydrogen-bond donors (Lipinski definition) is 1. The summed E-state index contributed by atoms with van der Waals surface area (Å²) in [5.41, 5.74) is 0.331. The first-order valence-electron chi connectivity index (χ1n) is 4.93. The van der Waals surface area contributed by atoms with Gasteiger partial charge in [-0.1, -0.05) is 0 Å². The first-order valence-corrected chi connectivity index (χ1v) is 4.93. The van der Waals surface area contributed by atoms with Crippen LogP contribution in [0.15, 0.2) is 12.4 Å². The molecule has 0 fully saturated rings. The van der Waals surface area contributed by atoms with Crippen LogP contribution in [-0.2, 0) is 4.74 Å². The van der Waals surface area contributed by atoms with Crippen molar-refractivity contribution >= 4 is 11.7 Å². The predicted octanol–water partition coefficient (Wildman–Crippen LogP) is 0.237. The van der Waals surface area contributed by atoms with Crippen molar-refractivity contribution in [1.29, 1.82) is 0 Å². The van der Waals surface area contributed by atoms with Gasteiger partial charge in [0.05, 0.1) is 19.0 Å². The standard InChI is InChI=1S/C10H16N4O2/c1-11-9-7-12-8(6-13-9)10(15)14(2)4-5-16-3/h6-7H,4-5H2,1-3H3,(H,11,13). The number of carbonyl (C=O) groups is 1. The molecule has 0 spiro atoms. The minimum atomic E-state index is -0.160. The monoisotopic (exact) mass is 224 g/mol. The van der Waals surface area contributed by atoms with Crippen molar-refractivity contribution in [1.82, 2.24) is 14.9 Å². The number of nitrogens with zero attached hydrogens (tertiary/aromatic N) is 3. The Bertz CT molecular complexity index is 339. The minimum Gasteiger partial charge on any atom is -0.383 e. The number of rotatable bonds is 5. The second-order valence-electron chi connectivity index (χ2n) is 3.26. The number of likely N-dealkylation sites (N-methyl/N-ethyl adjacent to an activating group) is 1. The topological polar surface area (TPSA) is 67.4 Å². The normalized spacial score (nSPS) is 9.94. The molecule has 1 heterocycles. The van der Waals surface area contributed by atoms with E-state index in [1.54, 1.807) is 26.1 Å². The van der Waals surface area contributed by atoms with E-state index in [0.29, 0.717) is 24.7 Å². The zero-order valence-corrected chi connectivity index (χ0v) is 9.73. The van der Waals surface area contributed by atoms with Crippen LogP contribution in [0.25, 0.3) is 0 Å². The van der Waals surface area contributed by atoms with E-state index in [0.717, 1.165) is 0 Å². The highest BCUT2D eigenvalue weighted by atomic mass is 16.5. The van der Waals surface area contributed by atoms with Gasteiger partial charge in [0.15, 0.2) is 0 Å². The smallest absolute Gasteiger partial charge is 0.273 e. The van der Waals surface area contributed by atoms with E-state index in [4.69, 9.17) is 4.74 Å². The summed E-state index contributed by atoms with van der Waals surface area (Å²) in [6, 6.07) is 0. The molecule has 0 radical (unpaired) electrons. The van der Waals surface area contributed by atoms with E-state index in [-0.39, 0.29) is 5.91 Å². The summed E-state index contributed by atoms with van der Waals surface area (Å²) in [7, 11) is 5.05. The lowest BCUT2D eigenvalue weighted by atomic mass is 10.4. The first kappa shape index (κ1) is 12.4. The average Bonchev–Trinajstić information content (AvgIpc) is 2.35. The Hall–Kier alpha value is -1.69. The largest absolute Gasteiger partial charge is 0.383 e.